The summed E-state index contributed by atoms with van der Waals surface area (Å²) in [6.45, 7) is 3.67. The first kappa shape index (κ1) is 12.2. The molecule has 0 amide bonds. The lowest BCUT2D eigenvalue weighted by Gasteiger charge is -2.25. The fourth-order valence-electron chi connectivity index (χ4n) is 2.14. The second kappa shape index (κ2) is 3.63. The molecule has 0 aliphatic carbocycles. The number of hydrogen-bond acceptors (Lipinski definition) is 2. The van der Waals surface area contributed by atoms with E-state index in [2.05, 4.69) is 5.32 Å². The minimum atomic E-state index is -4.35. The van der Waals surface area contributed by atoms with Gasteiger partial charge in [0.2, 0.25) is 0 Å². The number of hydrogen-bond donors (Lipinski definition) is 2. The van der Waals surface area contributed by atoms with Gasteiger partial charge in [0.15, 0.2) is 0 Å². The van der Waals surface area contributed by atoms with Crippen LogP contribution < -0.4 is 5.32 Å². The van der Waals surface area contributed by atoms with Crippen molar-refractivity contribution < 1.29 is 18.3 Å². The largest absolute Gasteiger partial charge is 0.416 e. The number of aliphatic hydroxyl groups is 1. The quantitative estimate of drug-likeness (QED) is 0.797. The molecule has 1 atom stereocenters. The average Bonchev–Trinajstić information content (AvgIpc) is 2.57. The maximum absolute atomic E-state index is 12.6. The molecule has 1 heterocycles. The van der Waals surface area contributed by atoms with Crippen LogP contribution >= 0.6 is 0 Å². The smallest absolute Gasteiger partial charge is 0.390 e. The first-order valence-corrected chi connectivity index (χ1v) is 5.37. The van der Waals surface area contributed by atoms with Crippen LogP contribution in [0.3, 0.4) is 0 Å². The highest BCUT2D eigenvalue weighted by molar-refractivity contribution is 5.60. The van der Waals surface area contributed by atoms with Crippen molar-refractivity contribution in [3.63, 3.8) is 0 Å². The van der Waals surface area contributed by atoms with E-state index in [1.807, 2.05) is 0 Å². The van der Waals surface area contributed by atoms with Crippen LogP contribution in [0.1, 0.15) is 30.9 Å². The van der Waals surface area contributed by atoms with Crippen molar-refractivity contribution in [2.24, 2.45) is 0 Å². The van der Waals surface area contributed by atoms with Gasteiger partial charge in [0, 0.05) is 18.2 Å². The van der Waals surface area contributed by atoms with Crippen LogP contribution in [-0.2, 0) is 6.18 Å². The van der Waals surface area contributed by atoms with Crippen LogP contribution in [0.2, 0.25) is 0 Å². The maximum Gasteiger partial charge on any atom is 0.416 e. The standard InChI is InChI=1S/C12H14F3NO/c1-11(2,17)9-6-16-10-4-3-7(5-8(9)10)12(13,14)15/h3-5,9,16-17H,6H2,1-2H3. The van der Waals surface area contributed by atoms with Gasteiger partial charge in [-0.3, -0.25) is 0 Å². The fourth-order valence-corrected chi connectivity index (χ4v) is 2.14. The topological polar surface area (TPSA) is 32.3 Å². The maximum atomic E-state index is 12.6. The lowest BCUT2D eigenvalue weighted by molar-refractivity contribution is -0.137. The second-order valence-corrected chi connectivity index (χ2v) is 4.89. The molecular weight excluding hydrogens is 231 g/mol. The molecule has 2 rings (SSSR count). The molecule has 0 saturated carbocycles. The predicted octanol–water partition coefficient (Wildman–Crippen LogP) is 2.99. The van der Waals surface area contributed by atoms with E-state index < -0.39 is 17.3 Å². The lowest BCUT2D eigenvalue weighted by Crippen LogP contribution is -2.30. The minimum absolute atomic E-state index is 0.320. The summed E-state index contributed by atoms with van der Waals surface area (Å²) < 4.78 is 37.8. The van der Waals surface area contributed by atoms with Gasteiger partial charge in [-0.15, -0.1) is 0 Å². The molecular formula is C12H14F3NO. The van der Waals surface area contributed by atoms with Crippen molar-refractivity contribution in [1.29, 1.82) is 0 Å². The molecule has 94 valence electrons. The third-order valence-electron chi connectivity index (χ3n) is 3.10. The highest BCUT2D eigenvalue weighted by atomic mass is 19.4. The molecule has 1 unspecified atom stereocenters. The van der Waals surface area contributed by atoms with Gasteiger partial charge in [0.25, 0.3) is 0 Å². The first-order valence-electron chi connectivity index (χ1n) is 5.37. The average molecular weight is 245 g/mol. The Kier molecular flexibility index (Phi) is 2.61. The predicted molar refractivity (Wildman–Crippen MR) is 59.0 cm³/mol. The Morgan fingerprint density at radius 3 is 2.47 bits per heavy atom. The number of rotatable bonds is 1. The van der Waals surface area contributed by atoms with Crippen molar-refractivity contribution in [3.8, 4) is 0 Å². The Hall–Kier alpha value is -1.23. The zero-order valence-corrected chi connectivity index (χ0v) is 9.60. The van der Waals surface area contributed by atoms with E-state index in [9.17, 15) is 18.3 Å². The van der Waals surface area contributed by atoms with Gasteiger partial charge in [-0.25, -0.2) is 0 Å². The van der Waals surface area contributed by atoms with Crippen molar-refractivity contribution in [2.45, 2.75) is 31.5 Å². The van der Waals surface area contributed by atoms with Crippen LogP contribution in [0.15, 0.2) is 18.2 Å². The van der Waals surface area contributed by atoms with Crippen molar-refractivity contribution in [2.75, 3.05) is 11.9 Å². The van der Waals surface area contributed by atoms with Crippen LogP contribution in [0, 0.1) is 0 Å². The molecule has 0 saturated heterocycles. The second-order valence-electron chi connectivity index (χ2n) is 4.89. The fraction of sp³-hybridized carbons (Fsp3) is 0.500. The Labute approximate surface area is 97.5 Å². The number of fused-ring (bicyclic) bond motifs is 1. The number of anilines is 1. The van der Waals surface area contributed by atoms with Crippen molar-refractivity contribution in [3.05, 3.63) is 29.3 Å². The summed E-state index contributed by atoms with van der Waals surface area (Å²) in [7, 11) is 0. The van der Waals surface area contributed by atoms with Gasteiger partial charge in [0.05, 0.1) is 11.2 Å². The lowest BCUT2D eigenvalue weighted by atomic mass is 9.86. The van der Waals surface area contributed by atoms with E-state index in [4.69, 9.17) is 0 Å². The number of nitrogens with one attached hydrogen (secondary N) is 1. The molecule has 17 heavy (non-hydrogen) atoms. The summed E-state index contributed by atoms with van der Waals surface area (Å²) in [5.74, 6) is -0.320. The highest BCUT2D eigenvalue weighted by Crippen LogP contribution is 2.41. The number of benzene rings is 1. The van der Waals surface area contributed by atoms with Gasteiger partial charge in [0.1, 0.15) is 0 Å². The molecule has 0 spiro atoms. The van der Waals surface area contributed by atoms with Crippen LogP contribution in [0.25, 0.3) is 0 Å². The summed E-state index contributed by atoms with van der Waals surface area (Å²) in [4.78, 5) is 0. The van der Waals surface area contributed by atoms with E-state index in [1.54, 1.807) is 13.8 Å². The molecule has 5 heteroatoms. The molecule has 0 bridgehead atoms. The normalized spacial score (nSPS) is 20.0. The van der Waals surface area contributed by atoms with Crippen molar-refractivity contribution in [1.82, 2.24) is 0 Å². The highest BCUT2D eigenvalue weighted by Gasteiger charge is 2.37. The Balaban J connectivity index is 2.45. The molecule has 0 fully saturated rings. The SMILES string of the molecule is CC(C)(O)C1CNc2ccc(C(F)(F)F)cc21. The van der Waals surface area contributed by atoms with Gasteiger partial charge in [-0.1, -0.05) is 0 Å². The zero-order chi connectivity index (χ0) is 12.8. The molecule has 1 aliphatic rings. The monoisotopic (exact) mass is 245 g/mol. The summed E-state index contributed by atoms with van der Waals surface area (Å²) in [5, 5.41) is 12.9. The molecule has 1 aromatic rings. The van der Waals surface area contributed by atoms with Crippen LogP contribution in [-0.4, -0.2) is 17.3 Å². The van der Waals surface area contributed by atoms with E-state index in [0.717, 1.165) is 12.1 Å². The number of alkyl halides is 3. The molecule has 1 aromatic carbocycles. The van der Waals surface area contributed by atoms with Gasteiger partial charge in [-0.05, 0) is 37.6 Å². The van der Waals surface area contributed by atoms with Gasteiger partial charge >= 0.3 is 6.18 Å². The zero-order valence-electron chi connectivity index (χ0n) is 9.60. The summed E-state index contributed by atoms with van der Waals surface area (Å²) in [5.41, 5.74) is -0.505. The Bertz CT molecular complexity index is 434. The van der Waals surface area contributed by atoms with Crippen molar-refractivity contribution >= 4 is 5.69 Å². The van der Waals surface area contributed by atoms with E-state index in [-0.39, 0.29) is 5.92 Å². The third kappa shape index (κ3) is 2.24. The Morgan fingerprint density at radius 2 is 1.94 bits per heavy atom. The molecule has 0 aromatic heterocycles. The molecule has 0 radical (unpaired) electrons. The first-order chi connectivity index (χ1) is 7.69. The third-order valence-corrected chi connectivity index (χ3v) is 3.10. The minimum Gasteiger partial charge on any atom is -0.390 e. The molecule has 2 nitrogen and oxygen atoms in total. The van der Waals surface area contributed by atoms with Gasteiger partial charge < -0.3 is 10.4 Å². The molecule has 1 aliphatic heterocycles. The summed E-state index contributed by atoms with van der Waals surface area (Å²) in [6.07, 6.45) is -4.35. The van der Waals surface area contributed by atoms with E-state index in [0.29, 0.717) is 17.8 Å². The van der Waals surface area contributed by atoms with Gasteiger partial charge in [-0.2, -0.15) is 13.2 Å². The Morgan fingerprint density at radius 1 is 1.29 bits per heavy atom. The summed E-state index contributed by atoms with van der Waals surface area (Å²) >= 11 is 0. The summed E-state index contributed by atoms with van der Waals surface area (Å²) in [6, 6.07) is 3.60. The van der Waals surface area contributed by atoms with E-state index in [1.165, 1.54) is 6.07 Å². The van der Waals surface area contributed by atoms with Crippen LogP contribution in [0.4, 0.5) is 18.9 Å². The number of halogens is 3. The molecule has 2 N–H and O–H groups in total. The van der Waals surface area contributed by atoms with E-state index >= 15 is 0 Å². The van der Waals surface area contributed by atoms with Crippen LogP contribution in [0.5, 0.6) is 0 Å².